The predicted octanol–water partition coefficient (Wildman–Crippen LogP) is 6.12. The van der Waals surface area contributed by atoms with Crippen LogP contribution in [0, 0.1) is 0 Å². The van der Waals surface area contributed by atoms with Crippen LogP contribution in [-0.4, -0.2) is 23.6 Å². The van der Waals surface area contributed by atoms with Gasteiger partial charge in [0.1, 0.15) is 23.7 Å². The topological polar surface area (TPSA) is 109 Å². The lowest BCUT2D eigenvalue weighted by atomic mass is 9.85. The van der Waals surface area contributed by atoms with Gasteiger partial charge in [0.25, 0.3) is 0 Å². The Hall–Kier alpha value is -4.20. The Labute approximate surface area is 216 Å². The third-order valence-corrected chi connectivity index (χ3v) is 5.84. The number of carbonyl (C=O) groups excluding carboxylic acids is 2. The molecule has 1 aliphatic rings. The van der Waals surface area contributed by atoms with Crippen LogP contribution in [0.25, 0.3) is 0 Å². The van der Waals surface area contributed by atoms with Crippen LogP contribution in [-0.2, 0) is 33.7 Å². The number of anilines is 1. The second-order valence-corrected chi connectivity index (χ2v) is 9.96. The van der Waals surface area contributed by atoms with Gasteiger partial charge in [-0.2, -0.15) is 0 Å². The summed E-state index contributed by atoms with van der Waals surface area (Å²) in [5, 5.41) is 2.80. The number of nitrogens with two attached hydrogens (primary N) is 1. The maximum absolute atomic E-state index is 12.8. The van der Waals surface area contributed by atoms with E-state index in [4.69, 9.17) is 24.7 Å². The number of carbonyl (C=O) groups is 2. The van der Waals surface area contributed by atoms with Crippen molar-refractivity contribution in [1.82, 2.24) is 5.32 Å². The summed E-state index contributed by atoms with van der Waals surface area (Å²) < 4.78 is 22.8. The summed E-state index contributed by atoms with van der Waals surface area (Å²) in [4.78, 5) is 25.6. The second kappa shape index (κ2) is 10.8. The highest BCUT2D eigenvalue weighted by atomic mass is 16.7. The Morgan fingerprint density at radius 1 is 0.946 bits per heavy atom. The van der Waals surface area contributed by atoms with E-state index in [1.165, 1.54) is 0 Å². The molecule has 0 aliphatic heterocycles. The highest BCUT2D eigenvalue weighted by Crippen LogP contribution is 2.38. The first kappa shape index (κ1) is 25.9. The molecule has 0 saturated carbocycles. The van der Waals surface area contributed by atoms with E-state index in [0.717, 1.165) is 16.7 Å². The van der Waals surface area contributed by atoms with E-state index in [1.54, 1.807) is 32.9 Å². The molecule has 3 N–H and O–H groups in total. The molecular weight excluding hydrogens is 472 g/mol. The number of fused-ring (bicyclic) bond motifs is 1. The van der Waals surface area contributed by atoms with Crippen molar-refractivity contribution in [3.8, 4) is 11.5 Å². The molecule has 4 rings (SSSR count). The Bertz CT molecular complexity index is 1250. The van der Waals surface area contributed by atoms with E-state index >= 15 is 0 Å². The van der Waals surface area contributed by atoms with Crippen molar-refractivity contribution in [2.24, 2.45) is 0 Å². The quantitative estimate of drug-likeness (QED) is 0.236. The van der Waals surface area contributed by atoms with Crippen molar-refractivity contribution >= 4 is 17.9 Å². The number of aryl methyl sites for hydroxylation is 1. The van der Waals surface area contributed by atoms with E-state index in [9.17, 15) is 9.59 Å². The number of alkyl carbamates (subject to hydrolysis) is 1. The molecule has 0 unspecified atom stereocenters. The fraction of sp³-hybridized carbons (Fsp3) is 0.310. The molecule has 0 spiro atoms. The molecule has 3 aromatic carbocycles. The molecule has 8 heteroatoms. The van der Waals surface area contributed by atoms with Crippen molar-refractivity contribution in [3.05, 3.63) is 89.5 Å². The van der Waals surface area contributed by atoms with Crippen LogP contribution in [0.15, 0.2) is 72.8 Å². The second-order valence-electron chi connectivity index (χ2n) is 9.96. The normalized spacial score (nSPS) is 16.7. The van der Waals surface area contributed by atoms with Gasteiger partial charge in [0, 0.05) is 18.4 Å². The van der Waals surface area contributed by atoms with E-state index in [0.29, 0.717) is 30.0 Å². The lowest BCUT2D eigenvalue weighted by molar-refractivity contribution is -0.0672. The third-order valence-electron chi connectivity index (χ3n) is 5.84. The SMILES string of the molecule is CC(C)(C)OC(=O)N[C@@]1(OC(=O)OCc2ccccc2)CCc2cccc(Oc3ccccc3N)c2C1. The van der Waals surface area contributed by atoms with Gasteiger partial charge in [-0.25, -0.2) is 9.59 Å². The fourth-order valence-corrected chi connectivity index (χ4v) is 4.16. The maximum atomic E-state index is 12.8. The predicted molar refractivity (Wildman–Crippen MR) is 139 cm³/mol. The Morgan fingerprint density at radius 2 is 1.65 bits per heavy atom. The summed E-state index contributed by atoms with van der Waals surface area (Å²) in [5.74, 6) is 1.07. The van der Waals surface area contributed by atoms with Gasteiger partial charge in [0.05, 0.1) is 5.69 Å². The van der Waals surface area contributed by atoms with Gasteiger partial charge in [-0.3, -0.25) is 5.32 Å². The molecular formula is C29H32N2O6. The minimum absolute atomic E-state index is 0.0421. The van der Waals surface area contributed by atoms with Crippen LogP contribution in [0.2, 0.25) is 0 Å². The lowest BCUT2D eigenvalue weighted by Gasteiger charge is -2.38. The van der Waals surface area contributed by atoms with E-state index in [1.807, 2.05) is 60.7 Å². The van der Waals surface area contributed by atoms with Crippen LogP contribution in [0.1, 0.15) is 43.9 Å². The highest BCUT2D eigenvalue weighted by Gasteiger charge is 2.42. The molecule has 1 atom stereocenters. The van der Waals surface area contributed by atoms with Crippen molar-refractivity contribution in [2.75, 3.05) is 5.73 Å². The van der Waals surface area contributed by atoms with E-state index in [-0.39, 0.29) is 13.0 Å². The molecule has 1 amide bonds. The van der Waals surface area contributed by atoms with Gasteiger partial charge in [0.2, 0.25) is 0 Å². The van der Waals surface area contributed by atoms with Crippen molar-refractivity contribution in [1.29, 1.82) is 0 Å². The molecule has 8 nitrogen and oxygen atoms in total. The molecule has 1 aliphatic carbocycles. The molecule has 0 bridgehead atoms. The zero-order valence-corrected chi connectivity index (χ0v) is 21.3. The molecule has 194 valence electrons. The zero-order chi connectivity index (χ0) is 26.5. The summed E-state index contributed by atoms with van der Waals surface area (Å²) in [7, 11) is 0. The number of hydrogen-bond donors (Lipinski definition) is 2. The van der Waals surface area contributed by atoms with Gasteiger partial charge in [-0.15, -0.1) is 0 Å². The first-order valence-electron chi connectivity index (χ1n) is 12.2. The molecule has 3 aromatic rings. The van der Waals surface area contributed by atoms with Crippen LogP contribution in [0.4, 0.5) is 15.3 Å². The van der Waals surface area contributed by atoms with Crippen LogP contribution >= 0.6 is 0 Å². The molecule has 0 fully saturated rings. The van der Waals surface area contributed by atoms with Crippen LogP contribution < -0.4 is 15.8 Å². The first-order chi connectivity index (χ1) is 17.6. The highest BCUT2D eigenvalue weighted by molar-refractivity contribution is 5.70. The van der Waals surface area contributed by atoms with Gasteiger partial charge in [-0.1, -0.05) is 54.6 Å². The number of ether oxygens (including phenoxy) is 4. The maximum Gasteiger partial charge on any atom is 0.510 e. The Balaban J connectivity index is 1.59. The van der Waals surface area contributed by atoms with Crippen LogP contribution in [0.3, 0.4) is 0 Å². The van der Waals surface area contributed by atoms with Gasteiger partial charge < -0.3 is 24.7 Å². The number of hydrogen-bond acceptors (Lipinski definition) is 7. The Morgan fingerprint density at radius 3 is 2.38 bits per heavy atom. The minimum atomic E-state index is -1.40. The number of nitrogens with one attached hydrogen (secondary N) is 1. The largest absolute Gasteiger partial charge is 0.510 e. The molecule has 0 heterocycles. The Kier molecular flexibility index (Phi) is 7.57. The number of nitrogen functional groups attached to an aromatic ring is 1. The van der Waals surface area contributed by atoms with Gasteiger partial charge in [-0.05, 0) is 56.5 Å². The van der Waals surface area contributed by atoms with Crippen molar-refractivity contribution < 1.29 is 28.5 Å². The number of rotatable bonds is 6. The summed E-state index contributed by atoms with van der Waals surface area (Å²) >= 11 is 0. The monoisotopic (exact) mass is 504 g/mol. The van der Waals surface area contributed by atoms with E-state index in [2.05, 4.69) is 5.32 Å². The number of amides is 1. The standard InChI is InChI=1S/C29H32N2O6/c1-28(2,3)36-26(32)31-29(37-27(33)34-19-20-10-5-4-6-11-20)17-16-21-12-9-15-24(22(21)18-29)35-25-14-8-7-13-23(25)30/h4-15H,16-19,30H2,1-3H3,(H,31,32)/t29-/m1/s1. The molecule has 0 saturated heterocycles. The molecule has 37 heavy (non-hydrogen) atoms. The average Bonchev–Trinajstić information content (AvgIpc) is 2.84. The van der Waals surface area contributed by atoms with Gasteiger partial charge >= 0.3 is 12.2 Å². The van der Waals surface area contributed by atoms with Crippen LogP contribution in [0.5, 0.6) is 11.5 Å². The van der Waals surface area contributed by atoms with Crippen molar-refractivity contribution in [2.45, 2.75) is 58.0 Å². The zero-order valence-electron chi connectivity index (χ0n) is 21.3. The first-order valence-corrected chi connectivity index (χ1v) is 12.2. The smallest absolute Gasteiger partial charge is 0.455 e. The summed E-state index contributed by atoms with van der Waals surface area (Å²) in [6, 6.07) is 22.2. The summed E-state index contributed by atoms with van der Waals surface area (Å²) in [5.41, 5.74) is 7.09. The van der Waals surface area contributed by atoms with E-state index < -0.39 is 23.6 Å². The van der Waals surface area contributed by atoms with Crippen molar-refractivity contribution in [3.63, 3.8) is 0 Å². The fourth-order valence-electron chi connectivity index (χ4n) is 4.16. The average molecular weight is 505 g/mol. The van der Waals surface area contributed by atoms with Gasteiger partial charge in [0.15, 0.2) is 5.72 Å². The summed E-state index contributed by atoms with van der Waals surface area (Å²) in [6.07, 6.45) is -0.577. The summed E-state index contributed by atoms with van der Waals surface area (Å²) in [6.45, 7) is 5.34. The molecule has 0 radical (unpaired) electrons. The third kappa shape index (κ3) is 6.94. The number of para-hydroxylation sites is 2. The minimum Gasteiger partial charge on any atom is -0.455 e. The lowest BCUT2D eigenvalue weighted by Crippen LogP contribution is -2.56. The number of benzene rings is 3. The molecule has 0 aromatic heterocycles.